The van der Waals surface area contributed by atoms with Gasteiger partial charge >= 0.3 is 0 Å². The van der Waals surface area contributed by atoms with Crippen molar-refractivity contribution in [1.82, 2.24) is 0 Å². The molecule has 2 aromatic carbocycles. The molecule has 1 aliphatic heterocycles. The number of aryl methyl sites for hydroxylation is 1. The van der Waals surface area contributed by atoms with Crippen LogP contribution in [0.5, 0.6) is 11.5 Å². The van der Waals surface area contributed by atoms with E-state index in [9.17, 15) is 4.79 Å². The number of hydrogen-bond donors (Lipinski definition) is 0. The fourth-order valence-electron chi connectivity index (χ4n) is 3.07. The smallest absolute Gasteiger partial charge is 0.270 e. The molecule has 3 rings (SSSR count). The Morgan fingerprint density at radius 3 is 2.64 bits per heavy atom. The lowest BCUT2D eigenvalue weighted by Crippen LogP contribution is -2.27. The fourth-order valence-corrected chi connectivity index (χ4v) is 4.37. The molecular weight excluding hydrogens is 390 g/mol. The Morgan fingerprint density at radius 1 is 1.21 bits per heavy atom. The normalized spacial score (nSPS) is 15.2. The summed E-state index contributed by atoms with van der Waals surface area (Å²) in [5.41, 5.74) is 3.64. The van der Waals surface area contributed by atoms with Crippen LogP contribution >= 0.6 is 24.0 Å². The largest absolute Gasteiger partial charge is 0.493 e. The summed E-state index contributed by atoms with van der Waals surface area (Å²) in [4.78, 5) is 15.1. The first-order valence-corrected chi connectivity index (χ1v) is 9.91. The van der Waals surface area contributed by atoms with Gasteiger partial charge in [0.2, 0.25) is 0 Å². The van der Waals surface area contributed by atoms with Gasteiger partial charge in [0, 0.05) is 5.56 Å². The number of ether oxygens (including phenoxy) is 2. The fraction of sp³-hybridized carbons (Fsp3) is 0.182. The highest BCUT2D eigenvalue weighted by atomic mass is 32.2. The third-order valence-corrected chi connectivity index (χ3v) is 5.60. The number of nitrogens with zero attached hydrogens (tertiary/aromatic N) is 1. The van der Waals surface area contributed by atoms with Crippen LogP contribution in [0.4, 0.5) is 5.69 Å². The Kier molecular flexibility index (Phi) is 6.21. The number of amides is 1. The Balaban J connectivity index is 2.00. The molecule has 0 radical (unpaired) electrons. The lowest BCUT2D eigenvalue weighted by Gasteiger charge is -2.15. The molecule has 1 heterocycles. The van der Waals surface area contributed by atoms with Crippen molar-refractivity contribution in [2.24, 2.45) is 0 Å². The van der Waals surface area contributed by atoms with Gasteiger partial charge < -0.3 is 9.47 Å². The van der Waals surface area contributed by atoms with E-state index in [-0.39, 0.29) is 5.91 Å². The predicted molar refractivity (Wildman–Crippen MR) is 120 cm³/mol. The van der Waals surface area contributed by atoms with Crippen LogP contribution in [0.15, 0.2) is 54.0 Å². The second-order valence-electron chi connectivity index (χ2n) is 6.26. The number of allylic oxidation sites excluding steroid dienone is 1. The van der Waals surface area contributed by atoms with Crippen molar-refractivity contribution >= 4 is 46.0 Å². The molecule has 0 bridgehead atoms. The van der Waals surface area contributed by atoms with Crippen LogP contribution in [0, 0.1) is 6.92 Å². The molecule has 144 valence electrons. The van der Waals surface area contributed by atoms with E-state index in [4.69, 9.17) is 21.7 Å². The van der Waals surface area contributed by atoms with Gasteiger partial charge in [-0.25, -0.2) is 0 Å². The molecule has 6 heteroatoms. The first kappa shape index (κ1) is 20.2. The molecule has 1 fully saturated rings. The second-order valence-corrected chi connectivity index (χ2v) is 7.94. The van der Waals surface area contributed by atoms with Crippen molar-refractivity contribution in [2.45, 2.75) is 13.3 Å². The molecule has 1 saturated heterocycles. The number of thiocarbonyl (C=S) groups is 1. The van der Waals surface area contributed by atoms with Crippen LogP contribution in [0.2, 0.25) is 0 Å². The van der Waals surface area contributed by atoms with Crippen LogP contribution in [0.25, 0.3) is 6.08 Å². The van der Waals surface area contributed by atoms with E-state index < -0.39 is 0 Å². The van der Waals surface area contributed by atoms with Gasteiger partial charge in [-0.3, -0.25) is 9.69 Å². The van der Waals surface area contributed by atoms with E-state index in [2.05, 4.69) is 6.58 Å². The molecule has 0 N–H and O–H groups in total. The van der Waals surface area contributed by atoms with Gasteiger partial charge in [-0.15, -0.1) is 6.58 Å². The minimum Gasteiger partial charge on any atom is -0.493 e. The highest BCUT2D eigenvalue weighted by molar-refractivity contribution is 8.27. The Hall–Kier alpha value is -2.57. The van der Waals surface area contributed by atoms with E-state index in [1.807, 2.05) is 49.4 Å². The van der Waals surface area contributed by atoms with Crippen molar-refractivity contribution in [2.75, 3.05) is 19.1 Å². The van der Waals surface area contributed by atoms with E-state index in [0.29, 0.717) is 27.1 Å². The molecule has 0 saturated carbocycles. The summed E-state index contributed by atoms with van der Waals surface area (Å²) in [6, 6.07) is 11.6. The Labute approximate surface area is 174 Å². The zero-order valence-corrected chi connectivity index (χ0v) is 17.7. The topological polar surface area (TPSA) is 38.8 Å². The molecule has 0 atom stereocenters. The van der Waals surface area contributed by atoms with Crippen molar-refractivity contribution in [3.8, 4) is 11.5 Å². The summed E-state index contributed by atoms with van der Waals surface area (Å²) >= 11 is 6.76. The Morgan fingerprint density at radius 2 is 2.00 bits per heavy atom. The van der Waals surface area contributed by atoms with Crippen molar-refractivity contribution in [3.63, 3.8) is 0 Å². The van der Waals surface area contributed by atoms with Gasteiger partial charge in [0.25, 0.3) is 5.91 Å². The van der Waals surface area contributed by atoms with E-state index >= 15 is 0 Å². The SMILES string of the molecule is C=CCc1cc(/C=C2/SC(=S)N(c3cccc(C)c3)C2=O)cc(OC)c1OC. The summed E-state index contributed by atoms with van der Waals surface area (Å²) in [5, 5.41) is 0. The van der Waals surface area contributed by atoms with Crippen LogP contribution in [0.3, 0.4) is 0 Å². The molecule has 0 unspecified atom stereocenters. The van der Waals surface area contributed by atoms with Crippen LogP contribution < -0.4 is 14.4 Å². The van der Waals surface area contributed by atoms with Crippen molar-refractivity contribution in [1.29, 1.82) is 0 Å². The number of carbonyl (C=O) groups excluding carboxylic acids is 1. The van der Waals surface area contributed by atoms with Crippen LogP contribution in [-0.4, -0.2) is 24.4 Å². The van der Waals surface area contributed by atoms with E-state index in [0.717, 1.165) is 22.4 Å². The quantitative estimate of drug-likeness (QED) is 0.374. The van der Waals surface area contributed by atoms with Gasteiger partial charge in [0.1, 0.15) is 0 Å². The van der Waals surface area contributed by atoms with Gasteiger partial charge in [-0.2, -0.15) is 0 Å². The number of thioether (sulfide) groups is 1. The van der Waals surface area contributed by atoms with E-state index in [1.54, 1.807) is 25.2 Å². The average molecular weight is 412 g/mol. The monoisotopic (exact) mass is 411 g/mol. The lowest BCUT2D eigenvalue weighted by molar-refractivity contribution is -0.113. The standard InChI is InChI=1S/C22H21NO3S2/c1-5-7-16-11-15(12-18(25-3)20(16)26-4)13-19-21(24)23(22(27)28-19)17-9-6-8-14(2)10-17/h5-6,8-13H,1,7H2,2-4H3/b19-13+. The molecule has 0 aliphatic carbocycles. The van der Waals surface area contributed by atoms with Crippen molar-refractivity contribution < 1.29 is 14.3 Å². The number of hydrogen-bond acceptors (Lipinski definition) is 5. The maximum Gasteiger partial charge on any atom is 0.270 e. The summed E-state index contributed by atoms with van der Waals surface area (Å²) in [6.07, 6.45) is 4.27. The summed E-state index contributed by atoms with van der Waals surface area (Å²) in [7, 11) is 3.20. The number of methoxy groups -OCH3 is 2. The van der Waals surface area contributed by atoms with Gasteiger partial charge in [0.15, 0.2) is 15.8 Å². The molecule has 0 spiro atoms. The van der Waals surface area contributed by atoms with Crippen LogP contribution in [0.1, 0.15) is 16.7 Å². The maximum absolute atomic E-state index is 13.0. The third kappa shape index (κ3) is 3.98. The minimum absolute atomic E-state index is 0.124. The maximum atomic E-state index is 13.0. The lowest BCUT2D eigenvalue weighted by atomic mass is 10.0. The number of carbonyl (C=O) groups is 1. The zero-order valence-electron chi connectivity index (χ0n) is 16.0. The first-order chi connectivity index (χ1) is 13.5. The summed E-state index contributed by atoms with van der Waals surface area (Å²) in [6.45, 7) is 5.79. The summed E-state index contributed by atoms with van der Waals surface area (Å²) in [5.74, 6) is 1.16. The van der Waals surface area contributed by atoms with Gasteiger partial charge in [-0.05, 0) is 54.8 Å². The van der Waals surface area contributed by atoms with Gasteiger partial charge in [-0.1, -0.05) is 42.2 Å². The molecule has 0 aromatic heterocycles. The third-order valence-electron chi connectivity index (χ3n) is 4.29. The summed E-state index contributed by atoms with van der Waals surface area (Å²) < 4.78 is 11.5. The van der Waals surface area contributed by atoms with E-state index in [1.165, 1.54) is 11.8 Å². The minimum atomic E-state index is -0.124. The number of benzene rings is 2. The molecule has 4 nitrogen and oxygen atoms in total. The van der Waals surface area contributed by atoms with Crippen LogP contribution in [-0.2, 0) is 11.2 Å². The van der Waals surface area contributed by atoms with Gasteiger partial charge in [0.05, 0.1) is 24.8 Å². The second kappa shape index (κ2) is 8.63. The highest BCUT2D eigenvalue weighted by Crippen LogP contribution is 2.38. The first-order valence-electron chi connectivity index (χ1n) is 8.69. The number of anilines is 1. The molecule has 1 amide bonds. The van der Waals surface area contributed by atoms with Crippen molar-refractivity contribution in [3.05, 3.63) is 70.6 Å². The zero-order chi connectivity index (χ0) is 20.3. The molecule has 28 heavy (non-hydrogen) atoms. The molecule has 1 aliphatic rings. The number of rotatable bonds is 6. The highest BCUT2D eigenvalue weighted by Gasteiger charge is 2.33. The molecule has 2 aromatic rings. The molecular formula is C22H21NO3S2. The Bertz CT molecular complexity index is 982. The predicted octanol–water partition coefficient (Wildman–Crippen LogP) is 5.15. The average Bonchev–Trinajstić information content (AvgIpc) is 2.94.